The zero-order valence-corrected chi connectivity index (χ0v) is 31.0. The number of sulfonamides is 1. The molecule has 18 heteroatoms. The normalized spacial score (nSPS) is 17.6. The van der Waals surface area contributed by atoms with Crippen molar-refractivity contribution in [1.82, 2.24) is 19.9 Å². The van der Waals surface area contributed by atoms with Crippen LogP contribution in [0.25, 0.3) is 11.1 Å². The molecule has 2 aromatic carbocycles. The highest BCUT2D eigenvalue weighted by Gasteiger charge is 2.48. The number of para-hydroxylation sites is 1. The molecule has 0 radical (unpaired) electrons. The van der Waals surface area contributed by atoms with Gasteiger partial charge in [-0.25, -0.2) is 17.5 Å². The number of aliphatic hydroxyl groups is 5. The van der Waals surface area contributed by atoms with E-state index < -0.39 is 77.6 Å². The van der Waals surface area contributed by atoms with Gasteiger partial charge in [0.2, 0.25) is 10.0 Å². The van der Waals surface area contributed by atoms with Crippen LogP contribution < -0.4 is 15.4 Å². The summed E-state index contributed by atoms with van der Waals surface area (Å²) < 4.78 is 83.0. The molecule has 0 spiro atoms. The minimum absolute atomic E-state index is 0.0205. The molecule has 0 saturated heterocycles. The zero-order chi connectivity index (χ0) is 40.0. The SMILES string of the molecule is CN(CCCCNC(=O)NCC(O)C(O)C(O)C(O)CO)S(=O)(=O)c1ccc(C(F)(F)F)c(COC2(c3cnccc3-c3ccccc3OC3CC3)CC2)c1. The average Bonchev–Trinajstić information content (AvgIpc) is 4.12. The van der Waals surface area contributed by atoms with Gasteiger partial charge in [-0.3, -0.25) is 4.98 Å². The molecule has 2 saturated carbocycles. The minimum Gasteiger partial charge on any atom is -0.490 e. The number of hydrogen-bond acceptors (Lipinski definition) is 11. The van der Waals surface area contributed by atoms with Gasteiger partial charge >= 0.3 is 12.2 Å². The van der Waals surface area contributed by atoms with Gasteiger partial charge in [-0.05, 0) is 80.0 Å². The van der Waals surface area contributed by atoms with E-state index in [9.17, 15) is 46.8 Å². The van der Waals surface area contributed by atoms with Crippen LogP contribution in [0.3, 0.4) is 0 Å². The Bertz CT molecular complexity index is 1880. The van der Waals surface area contributed by atoms with Crippen molar-refractivity contribution in [3.8, 4) is 16.9 Å². The summed E-state index contributed by atoms with van der Waals surface area (Å²) in [5, 5.41) is 52.4. The van der Waals surface area contributed by atoms with Gasteiger partial charge in [0.15, 0.2) is 0 Å². The molecule has 14 nitrogen and oxygen atoms in total. The van der Waals surface area contributed by atoms with Crippen molar-refractivity contribution in [2.45, 2.75) is 92.3 Å². The standard InChI is InChI=1S/C37H47F3N4O10S/c1-44(17-5-4-15-42-35(50)43-20-30(46)33(48)34(49)31(47)21-45)55(51,52)25-10-11-28(37(38,39)40)23(18-25)22-53-36(13-14-36)29-19-41-16-12-26(29)27-6-2-3-7-32(27)54-24-8-9-24/h2-3,6-7,10-12,16,18-19,24,30-31,33-34,45-49H,4-5,8-9,13-15,17,20-22H2,1H3,(H2,42,43,50). The van der Waals surface area contributed by atoms with Crippen LogP contribution in [0.2, 0.25) is 0 Å². The molecule has 2 aliphatic carbocycles. The number of rotatable bonds is 20. The molecule has 2 amide bonds. The summed E-state index contributed by atoms with van der Waals surface area (Å²) in [6.07, 6.45) is -4.82. The number of halogens is 3. The predicted molar refractivity (Wildman–Crippen MR) is 192 cm³/mol. The van der Waals surface area contributed by atoms with E-state index in [2.05, 4.69) is 15.6 Å². The molecule has 2 fully saturated rings. The molecule has 7 N–H and O–H groups in total. The molecule has 0 bridgehead atoms. The summed E-state index contributed by atoms with van der Waals surface area (Å²) in [6, 6.07) is 11.3. The topological polar surface area (TPSA) is 211 Å². The molecule has 55 heavy (non-hydrogen) atoms. The molecule has 1 aromatic heterocycles. The Hall–Kier alpha value is -3.88. The lowest BCUT2D eigenvalue weighted by molar-refractivity contribution is -0.139. The van der Waals surface area contributed by atoms with Crippen molar-refractivity contribution in [3.63, 3.8) is 0 Å². The molecule has 1 heterocycles. The average molecular weight is 797 g/mol. The third kappa shape index (κ3) is 10.7. The smallest absolute Gasteiger partial charge is 0.416 e. The van der Waals surface area contributed by atoms with Crippen LogP contribution in [-0.4, -0.2) is 113 Å². The number of benzene rings is 2. The first-order valence-corrected chi connectivity index (χ1v) is 19.4. The van der Waals surface area contributed by atoms with E-state index in [1.807, 2.05) is 30.3 Å². The van der Waals surface area contributed by atoms with Crippen molar-refractivity contribution in [3.05, 3.63) is 77.6 Å². The molecular formula is C37H47F3N4O10S. The van der Waals surface area contributed by atoms with Crippen LogP contribution in [0.1, 0.15) is 55.2 Å². The summed E-state index contributed by atoms with van der Waals surface area (Å²) in [7, 11) is -2.93. The molecule has 0 aliphatic heterocycles. The molecule has 2 aliphatic rings. The number of nitrogens with zero attached hydrogens (tertiary/aromatic N) is 2. The van der Waals surface area contributed by atoms with E-state index in [0.717, 1.165) is 46.5 Å². The van der Waals surface area contributed by atoms with Gasteiger partial charge in [-0.15, -0.1) is 0 Å². The van der Waals surface area contributed by atoms with Crippen LogP contribution in [0.15, 0.2) is 65.8 Å². The lowest BCUT2D eigenvalue weighted by atomic mass is 9.96. The van der Waals surface area contributed by atoms with Gasteiger partial charge < -0.3 is 45.6 Å². The van der Waals surface area contributed by atoms with Crippen LogP contribution in [-0.2, 0) is 33.1 Å². The van der Waals surface area contributed by atoms with Gasteiger partial charge in [0.05, 0.1) is 41.5 Å². The fourth-order valence-corrected chi connectivity index (χ4v) is 7.26. The minimum atomic E-state index is -4.77. The van der Waals surface area contributed by atoms with E-state index in [-0.39, 0.29) is 36.1 Å². The number of hydrogen-bond donors (Lipinski definition) is 7. The van der Waals surface area contributed by atoms with Crippen molar-refractivity contribution < 1.29 is 61.4 Å². The van der Waals surface area contributed by atoms with Crippen LogP contribution in [0.5, 0.6) is 5.75 Å². The number of carbonyl (C=O) groups excluding carboxylic acids is 1. The zero-order valence-electron chi connectivity index (χ0n) is 30.2. The number of ether oxygens (including phenoxy) is 2. The van der Waals surface area contributed by atoms with Crippen LogP contribution in [0.4, 0.5) is 18.0 Å². The van der Waals surface area contributed by atoms with E-state index in [1.54, 1.807) is 12.4 Å². The first-order chi connectivity index (χ1) is 26.1. The molecule has 4 unspecified atom stereocenters. The fraction of sp³-hybridized carbons (Fsp3) is 0.514. The number of carbonyl (C=O) groups is 1. The Kier molecular flexibility index (Phi) is 13.8. The van der Waals surface area contributed by atoms with E-state index in [4.69, 9.17) is 14.6 Å². The lowest BCUT2D eigenvalue weighted by Gasteiger charge is -2.25. The Balaban J connectivity index is 1.19. The maximum absolute atomic E-state index is 14.2. The second-order valence-electron chi connectivity index (χ2n) is 13.8. The summed E-state index contributed by atoms with van der Waals surface area (Å²) in [5.41, 5.74) is 0.0478. The van der Waals surface area contributed by atoms with Gasteiger partial charge in [-0.1, -0.05) is 18.2 Å². The molecule has 4 atom stereocenters. The molecule has 5 rings (SSSR count). The Morgan fingerprint density at radius 3 is 2.38 bits per heavy atom. The van der Waals surface area contributed by atoms with Crippen molar-refractivity contribution in [2.75, 3.05) is 33.3 Å². The number of urea groups is 1. The largest absolute Gasteiger partial charge is 0.490 e. The maximum Gasteiger partial charge on any atom is 0.416 e. The predicted octanol–water partition coefficient (Wildman–Crippen LogP) is 2.65. The van der Waals surface area contributed by atoms with Crippen LogP contribution >= 0.6 is 0 Å². The van der Waals surface area contributed by atoms with Gasteiger partial charge in [0, 0.05) is 50.2 Å². The van der Waals surface area contributed by atoms with Gasteiger partial charge in [0.25, 0.3) is 0 Å². The maximum atomic E-state index is 14.2. The lowest BCUT2D eigenvalue weighted by Crippen LogP contribution is -2.50. The molecule has 302 valence electrons. The van der Waals surface area contributed by atoms with E-state index in [0.29, 0.717) is 30.6 Å². The summed E-state index contributed by atoms with van der Waals surface area (Å²) in [6.45, 7) is -1.78. The van der Waals surface area contributed by atoms with E-state index >= 15 is 0 Å². The summed E-state index contributed by atoms with van der Waals surface area (Å²) >= 11 is 0. The monoisotopic (exact) mass is 796 g/mol. The van der Waals surface area contributed by atoms with Gasteiger partial charge in [0.1, 0.15) is 24.1 Å². The second kappa shape index (κ2) is 17.9. The molecular weight excluding hydrogens is 749 g/mol. The summed E-state index contributed by atoms with van der Waals surface area (Å²) in [5.74, 6) is 0.695. The Morgan fingerprint density at radius 2 is 1.71 bits per heavy atom. The second-order valence-corrected chi connectivity index (χ2v) is 15.8. The number of aromatic nitrogens is 1. The highest BCUT2D eigenvalue weighted by molar-refractivity contribution is 7.89. The number of aliphatic hydroxyl groups excluding tert-OH is 5. The van der Waals surface area contributed by atoms with E-state index in [1.165, 1.54) is 7.05 Å². The number of amides is 2. The number of alkyl halides is 3. The van der Waals surface area contributed by atoms with Crippen molar-refractivity contribution in [2.24, 2.45) is 0 Å². The summed E-state index contributed by atoms with van der Waals surface area (Å²) in [4.78, 5) is 16.0. The first kappa shape index (κ1) is 42.3. The Labute approximate surface area is 317 Å². The third-order valence-electron chi connectivity index (χ3n) is 9.59. The fourth-order valence-electron chi connectivity index (χ4n) is 6.00. The molecule has 3 aromatic rings. The Morgan fingerprint density at radius 1 is 1.00 bits per heavy atom. The van der Waals surface area contributed by atoms with Crippen molar-refractivity contribution in [1.29, 1.82) is 0 Å². The number of pyridine rings is 1. The number of unbranched alkanes of at least 4 members (excludes halogenated alkanes) is 1. The highest BCUT2D eigenvalue weighted by atomic mass is 32.2. The highest BCUT2D eigenvalue weighted by Crippen LogP contribution is 2.53. The van der Waals surface area contributed by atoms with Gasteiger partial charge in [-0.2, -0.15) is 13.2 Å². The first-order valence-electron chi connectivity index (χ1n) is 17.9. The third-order valence-corrected chi connectivity index (χ3v) is 11.4. The number of nitrogens with one attached hydrogen (secondary N) is 2. The van der Waals surface area contributed by atoms with Crippen molar-refractivity contribution >= 4 is 16.1 Å². The van der Waals surface area contributed by atoms with Crippen LogP contribution in [0, 0.1) is 0 Å². The quantitative estimate of drug-likeness (QED) is 0.0827.